The fraction of sp³-hybridized carbons (Fsp3) is 0.190. The predicted molar refractivity (Wildman–Crippen MR) is 95.8 cm³/mol. The molecule has 0 heterocycles. The molecule has 0 spiro atoms. The van der Waals surface area contributed by atoms with Gasteiger partial charge in [-0.1, -0.05) is 30.3 Å². The molecule has 0 aromatic heterocycles. The largest absolute Gasteiger partial charge is 0.493 e. The van der Waals surface area contributed by atoms with E-state index in [2.05, 4.69) is 19.1 Å². The molecule has 3 heteroatoms. The number of hydrogen-bond donors (Lipinski definition) is 0. The molecular formula is C21H19NO2. The second kappa shape index (κ2) is 6.64. The first-order valence-corrected chi connectivity index (χ1v) is 7.80. The highest BCUT2D eigenvalue weighted by Crippen LogP contribution is 2.32. The second-order valence-corrected chi connectivity index (χ2v) is 5.74. The summed E-state index contributed by atoms with van der Waals surface area (Å²) in [4.78, 5) is 0. The lowest BCUT2D eigenvalue weighted by Gasteiger charge is -2.14. The fourth-order valence-corrected chi connectivity index (χ4v) is 3.03. The van der Waals surface area contributed by atoms with Crippen LogP contribution in [0, 0.1) is 18.3 Å². The maximum atomic E-state index is 9.31. The Morgan fingerprint density at radius 2 is 1.54 bits per heavy atom. The standard InChI is InChI=1S/C21H19NO2/c1-14-10-20(23-2)21(24-3)12-17(14)11-15-8-9-16(13-22)19-7-5-4-6-18(15)19/h4-10,12H,11H2,1-3H3. The van der Waals surface area contributed by atoms with Crippen molar-refractivity contribution in [2.75, 3.05) is 14.2 Å². The minimum absolute atomic E-state index is 0.707. The van der Waals surface area contributed by atoms with E-state index in [-0.39, 0.29) is 0 Å². The van der Waals surface area contributed by atoms with Crippen molar-refractivity contribution in [2.24, 2.45) is 0 Å². The zero-order valence-corrected chi connectivity index (χ0v) is 14.1. The van der Waals surface area contributed by atoms with E-state index < -0.39 is 0 Å². The van der Waals surface area contributed by atoms with Gasteiger partial charge in [-0.05, 0) is 59.0 Å². The molecule has 0 N–H and O–H groups in total. The van der Waals surface area contributed by atoms with Crippen LogP contribution in [0.25, 0.3) is 10.8 Å². The minimum atomic E-state index is 0.707. The smallest absolute Gasteiger partial charge is 0.161 e. The van der Waals surface area contributed by atoms with Gasteiger partial charge in [0.15, 0.2) is 11.5 Å². The number of nitriles is 1. The highest BCUT2D eigenvalue weighted by molar-refractivity contribution is 5.90. The van der Waals surface area contributed by atoms with E-state index in [0.29, 0.717) is 5.56 Å². The molecule has 3 aromatic carbocycles. The van der Waals surface area contributed by atoms with Crippen LogP contribution in [0.3, 0.4) is 0 Å². The number of nitrogens with zero attached hydrogens (tertiary/aromatic N) is 1. The zero-order chi connectivity index (χ0) is 17.1. The van der Waals surface area contributed by atoms with E-state index in [9.17, 15) is 5.26 Å². The lowest BCUT2D eigenvalue weighted by Crippen LogP contribution is -1.98. The van der Waals surface area contributed by atoms with E-state index in [0.717, 1.165) is 34.3 Å². The average molecular weight is 317 g/mol. The van der Waals surface area contributed by atoms with E-state index in [1.54, 1.807) is 14.2 Å². The molecule has 0 amide bonds. The number of rotatable bonds is 4. The van der Waals surface area contributed by atoms with Crippen LogP contribution < -0.4 is 9.47 Å². The number of aryl methyl sites for hydroxylation is 1. The number of benzene rings is 3. The molecule has 0 unspecified atom stereocenters. The molecule has 0 fully saturated rings. The van der Waals surface area contributed by atoms with Gasteiger partial charge in [0.2, 0.25) is 0 Å². The molecule has 3 nitrogen and oxygen atoms in total. The van der Waals surface area contributed by atoms with Crippen LogP contribution in [0.2, 0.25) is 0 Å². The molecule has 24 heavy (non-hydrogen) atoms. The second-order valence-electron chi connectivity index (χ2n) is 5.74. The Bertz CT molecular complexity index is 938. The van der Waals surface area contributed by atoms with Crippen LogP contribution in [-0.4, -0.2) is 14.2 Å². The Morgan fingerprint density at radius 3 is 2.21 bits per heavy atom. The Kier molecular flexibility index (Phi) is 4.39. The van der Waals surface area contributed by atoms with Crippen LogP contribution >= 0.6 is 0 Å². The van der Waals surface area contributed by atoms with Gasteiger partial charge >= 0.3 is 0 Å². The molecule has 0 radical (unpaired) electrons. The Balaban J connectivity index is 2.10. The summed E-state index contributed by atoms with van der Waals surface area (Å²) < 4.78 is 10.8. The van der Waals surface area contributed by atoms with Crippen molar-refractivity contribution in [3.8, 4) is 17.6 Å². The zero-order valence-electron chi connectivity index (χ0n) is 14.1. The summed E-state index contributed by atoms with van der Waals surface area (Å²) in [6.45, 7) is 2.07. The third-order valence-corrected chi connectivity index (χ3v) is 4.36. The van der Waals surface area contributed by atoms with Gasteiger partial charge in [-0.25, -0.2) is 0 Å². The van der Waals surface area contributed by atoms with Gasteiger partial charge in [0.05, 0.1) is 25.9 Å². The number of hydrogen-bond acceptors (Lipinski definition) is 3. The van der Waals surface area contributed by atoms with Crippen LogP contribution in [-0.2, 0) is 6.42 Å². The highest BCUT2D eigenvalue weighted by Gasteiger charge is 2.11. The van der Waals surface area contributed by atoms with E-state index in [4.69, 9.17) is 9.47 Å². The quantitative estimate of drug-likeness (QED) is 0.704. The lowest BCUT2D eigenvalue weighted by molar-refractivity contribution is 0.354. The molecule has 120 valence electrons. The van der Waals surface area contributed by atoms with Gasteiger partial charge in [-0.15, -0.1) is 0 Å². The van der Waals surface area contributed by atoms with Crippen molar-refractivity contribution in [2.45, 2.75) is 13.3 Å². The molecular weight excluding hydrogens is 298 g/mol. The first-order chi connectivity index (χ1) is 11.7. The Morgan fingerprint density at radius 1 is 0.875 bits per heavy atom. The van der Waals surface area contributed by atoms with Crippen molar-refractivity contribution < 1.29 is 9.47 Å². The predicted octanol–water partition coefficient (Wildman–Crippen LogP) is 4.63. The van der Waals surface area contributed by atoms with Crippen molar-refractivity contribution in [1.82, 2.24) is 0 Å². The summed E-state index contributed by atoms with van der Waals surface area (Å²) in [7, 11) is 3.29. The maximum absolute atomic E-state index is 9.31. The molecule has 3 rings (SSSR count). The van der Waals surface area contributed by atoms with Crippen molar-refractivity contribution >= 4 is 10.8 Å². The minimum Gasteiger partial charge on any atom is -0.493 e. The topological polar surface area (TPSA) is 42.2 Å². The monoisotopic (exact) mass is 317 g/mol. The van der Waals surface area contributed by atoms with Gasteiger partial charge in [0.25, 0.3) is 0 Å². The van der Waals surface area contributed by atoms with Gasteiger partial charge in [-0.3, -0.25) is 0 Å². The summed E-state index contributed by atoms with van der Waals surface area (Å²) in [6, 6.07) is 18.3. The molecule has 0 bridgehead atoms. The van der Waals surface area contributed by atoms with E-state index >= 15 is 0 Å². The van der Waals surface area contributed by atoms with Crippen LogP contribution in [0.4, 0.5) is 0 Å². The van der Waals surface area contributed by atoms with Gasteiger partial charge in [0, 0.05) is 0 Å². The first-order valence-electron chi connectivity index (χ1n) is 7.80. The molecule has 0 aliphatic carbocycles. The molecule has 0 saturated carbocycles. The molecule has 0 aliphatic rings. The summed E-state index contributed by atoms with van der Waals surface area (Å²) in [5.41, 5.74) is 4.24. The third-order valence-electron chi connectivity index (χ3n) is 4.36. The summed E-state index contributed by atoms with van der Waals surface area (Å²) in [5.74, 6) is 1.47. The lowest BCUT2D eigenvalue weighted by atomic mass is 9.94. The first kappa shape index (κ1) is 15.9. The summed E-state index contributed by atoms with van der Waals surface area (Å²) in [6.07, 6.45) is 0.776. The number of methoxy groups -OCH3 is 2. The van der Waals surface area contributed by atoms with Crippen LogP contribution in [0.1, 0.15) is 22.3 Å². The summed E-state index contributed by atoms with van der Waals surface area (Å²) >= 11 is 0. The third kappa shape index (κ3) is 2.79. The summed E-state index contributed by atoms with van der Waals surface area (Å²) in [5, 5.41) is 11.4. The number of fused-ring (bicyclic) bond motifs is 1. The number of ether oxygens (including phenoxy) is 2. The fourth-order valence-electron chi connectivity index (χ4n) is 3.03. The van der Waals surface area contributed by atoms with Crippen molar-refractivity contribution in [3.63, 3.8) is 0 Å². The van der Waals surface area contributed by atoms with Crippen molar-refractivity contribution in [3.05, 3.63) is 70.8 Å². The molecule has 3 aromatic rings. The van der Waals surface area contributed by atoms with Gasteiger partial charge in [0.1, 0.15) is 0 Å². The molecule has 0 atom stereocenters. The average Bonchev–Trinajstić information content (AvgIpc) is 2.63. The Labute approximate surface area is 142 Å². The van der Waals surface area contributed by atoms with E-state index in [1.807, 2.05) is 42.5 Å². The van der Waals surface area contributed by atoms with Crippen molar-refractivity contribution in [1.29, 1.82) is 5.26 Å². The maximum Gasteiger partial charge on any atom is 0.161 e. The van der Waals surface area contributed by atoms with E-state index in [1.165, 1.54) is 11.1 Å². The Hall–Kier alpha value is -2.99. The molecule has 0 saturated heterocycles. The van der Waals surface area contributed by atoms with Crippen LogP contribution in [0.5, 0.6) is 11.5 Å². The highest BCUT2D eigenvalue weighted by atomic mass is 16.5. The molecule has 0 aliphatic heterocycles. The van der Waals surface area contributed by atoms with Gasteiger partial charge in [-0.2, -0.15) is 5.26 Å². The van der Waals surface area contributed by atoms with Crippen LogP contribution in [0.15, 0.2) is 48.5 Å². The van der Waals surface area contributed by atoms with Gasteiger partial charge < -0.3 is 9.47 Å². The normalized spacial score (nSPS) is 10.4. The SMILES string of the molecule is COc1cc(C)c(Cc2ccc(C#N)c3ccccc23)cc1OC.